The van der Waals surface area contributed by atoms with Gasteiger partial charge in [0, 0.05) is 32.1 Å². The van der Waals surface area contributed by atoms with Crippen LogP contribution in [0.4, 0.5) is 32.8 Å². The molecule has 2 heterocycles. The number of nitro groups is 2. The molecule has 15 nitrogen and oxygen atoms in total. The number of amides is 4. The topological polar surface area (TPSA) is 194 Å². The molecule has 3 aromatic carbocycles. The number of alkyl halides is 2. The van der Waals surface area contributed by atoms with Crippen LogP contribution in [0.1, 0.15) is 24.3 Å². The number of carbonyl (C=O) groups excluding carboxylic acids is 4. The Hall–Kier alpha value is -5.61. The van der Waals surface area contributed by atoms with E-state index in [0.29, 0.717) is 10.5 Å². The van der Waals surface area contributed by atoms with Crippen molar-refractivity contribution in [2.75, 3.05) is 35.9 Å². The summed E-state index contributed by atoms with van der Waals surface area (Å²) in [7, 11) is 4.04. The summed E-state index contributed by atoms with van der Waals surface area (Å²) in [5.74, 6) is -9.02. The van der Waals surface area contributed by atoms with Crippen molar-refractivity contribution < 1.29 is 43.3 Å². The summed E-state index contributed by atoms with van der Waals surface area (Å²) in [5.41, 5.74) is -1.52. The zero-order chi connectivity index (χ0) is 38.5. The molecule has 3 aromatic rings. The van der Waals surface area contributed by atoms with Crippen molar-refractivity contribution in [1.82, 2.24) is 0 Å². The molecular formula is C35H28Cl2FN5O10. The molecule has 2 aliphatic carbocycles. The lowest BCUT2D eigenvalue weighted by atomic mass is 9.56. The Labute approximate surface area is 309 Å². The SMILES string of the molecule is COc1cc([C@H]2C3=CC[C@@H]4C(=O)N(c5cc([N+](=O)[O-])c(N(C)C)c([N+](=O)[O-])c5)C(=O)[C@@H]4[C@@H]3C[C@@]3(Cl)C(=O)N(c4ccc(F)cc4)C(=O)[C@@]23Cl)ccc1O. The number of imide groups is 2. The van der Waals surface area contributed by atoms with Crippen molar-refractivity contribution in [1.29, 1.82) is 0 Å². The van der Waals surface area contributed by atoms with E-state index in [1.807, 2.05) is 0 Å². The fraction of sp³-hybridized carbons (Fsp3) is 0.314. The zero-order valence-corrected chi connectivity index (χ0v) is 29.5. The summed E-state index contributed by atoms with van der Waals surface area (Å²) in [6.45, 7) is 0. The first-order valence-corrected chi connectivity index (χ1v) is 16.8. The number of aromatic hydroxyl groups is 1. The Morgan fingerprint density at radius 3 is 2.08 bits per heavy atom. The average molecular weight is 769 g/mol. The Kier molecular flexibility index (Phi) is 8.26. The minimum atomic E-state index is -2.26. The second-order valence-electron chi connectivity index (χ2n) is 13.4. The highest BCUT2D eigenvalue weighted by atomic mass is 35.5. The number of carbonyl (C=O) groups is 4. The molecule has 18 heteroatoms. The second kappa shape index (κ2) is 12.2. The van der Waals surface area contributed by atoms with Gasteiger partial charge in [-0.3, -0.25) is 39.4 Å². The lowest BCUT2D eigenvalue weighted by molar-refractivity contribution is -0.392. The van der Waals surface area contributed by atoms with E-state index in [2.05, 4.69) is 0 Å². The molecule has 1 saturated carbocycles. The normalized spacial score (nSPS) is 27.6. The molecule has 7 rings (SSSR count). The van der Waals surface area contributed by atoms with Crippen LogP contribution >= 0.6 is 23.2 Å². The van der Waals surface area contributed by atoms with Crippen molar-refractivity contribution in [3.05, 3.63) is 97.9 Å². The van der Waals surface area contributed by atoms with Gasteiger partial charge in [-0.2, -0.15) is 0 Å². The molecule has 0 spiro atoms. The van der Waals surface area contributed by atoms with E-state index in [9.17, 15) is 48.9 Å². The van der Waals surface area contributed by atoms with Crippen molar-refractivity contribution >= 4 is 75.3 Å². The largest absolute Gasteiger partial charge is 0.504 e. The molecule has 53 heavy (non-hydrogen) atoms. The molecule has 0 aromatic heterocycles. The number of halogens is 3. The van der Waals surface area contributed by atoms with Crippen LogP contribution in [0, 0.1) is 43.8 Å². The number of phenolic OH excluding ortho intramolecular Hbond substituents is 1. The lowest BCUT2D eigenvalue weighted by Gasteiger charge is -2.50. The molecular weight excluding hydrogens is 740 g/mol. The maximum absolute atomic E-state index is 14.5. The summed E-state index contributed by atoms with van der Waals surface area (Å²) in [6, 6.07) is 10.5. The van der Waals surface area contributed by atoms with Crippen LogP contribution in [0.15, 0.2) is 66.2 Å². The molecule has 3 fully saturated rings. The van der Waals surface area contributed by atoms with Crippen LogP contribution in [0.3, 0.4) is 0 Å². The maximum atomic E-state index is 14.5. The van der Waals surface area contributed by atoms with Crippen LogP contribution in [0.25, 0.3) is 0 Å². The van der Waals surface area contributed by atoms with Crippen LogP contribution in [-0.4, -0.2) is 69.5 Å². The molecule has 6 atom stereocenters. The summed E-state index contributed by atoms with van der Waals surface area (Å²) < 4.78 is 19.2. The highest BCUT2D eigenvalue weighted by Gasteiger charge is 2.76. The Bertz CT molecular complexity index is 2180. The standard InChI is InChI=1S/C35H28Cl2FN5O10/c1-39(2)29-23(42(49)50)13-19(14-24(29)43(51)52)40-30(45)21-10-9-20-22(27(21)31(40)46)15-34(36)32(47)41(18-7-5-17(38)6-8-18)33(48)35(34,37)28(20)16-4-11-25(44)26(12-16)53-3/h4-9,11-14,21-22,27-28,44H,10,15H2,1-3H3/t21-,22+,27-,28-,34+,35-/m0/s1. The Morgan fingerprint density at radius 2 is 1.51 bits per heavy atom. The van der Waals surface area contributed by atoms with E-state index in [1.165, 1.54) is 56.4 Å². The first kappa shape index (κ1) is 35.8. The van der Waals surface area contributed by atoms with E-state index < -0.39 is 96.2 Å². The summed E-state index contributed by atoms with van der Waals surface area (Å²) in [5, 5.41) is 34.6. The highest BCUT2D eigenvalue weighted by molar-refractivity contribution is 6.58. The Morgan fingerprint density at radius 1 is 0.887 bits per heavy atom. The van der Waals surface area contributed by atoms with E-state index in [4.69, 9.17) is 27.9 Å². The molecule has 2 saturated heterocycles. The van der Waals surface area contributed by atoms with Crippen LogP contribution in [0.5, 0.6) is 11.5 Å². The van der Waals surface area contributed by atoms with Gasteiger partial charge >= 0.3 is 11.4 Å². The molecule has 0 bridgehead atoms. The predicted octanol–water partition coefficient (Wildman–Crippen LogP) is 5.19. The van der Waals surface area contributed by atoms with E-state index in [1.54, 1.807) is 6.08 Å². The number of anilines is 3. The molecule has 2 aliphatic heterocycles. The fourth-order valence-electron chi connectivity index (χ4n) is 8.36. The van der Waals surface area contributed by atoms with Gasteiger partial charge in [0.15, 0.2) is 26.9 Å². The Balaban J connectivity index is 1.39. The number of benzene rings is 3. The number of phenols is 1. The first-order valence-electron chi connectivity index (χ1n) is 16.1. The van der Waals surface area contributed by atoms with Gasteiger partial charge in [0.05, 0.1) is 40.2 Å². The molecule has 4 aliphatic rings. The van der Waals surface area contributed by atoms with Crippen molar-refractivity contribution in [3.8, 4) is 11.5 Å². The average Bonchev–Trinajstić information content (AvgIpc) is 3.45. The third-order valence-corrected chi connectivity index (χ3v) is 12.0. The third kappa shape index (κ3) is 4.91. The lowest BCUT2D eigenvalue weighted by Crippen LogP contribution is -2.60. The quantitative estimate of drug-likeness (QED) is 0.109. The summed E-state index contributed by atoms with van der Waals surface area (Å²) in [6.07, 6.45) is 1.14. The summed E-state index contributed by atoms with van der Waals surface area (Å²) in [4.78, 5) is 78.2. The summed E-state index contributed by atoms with van der Waals surface area (Å²) >= 11 is 14.7. The number of methoxy groups -OCH3 is 1. The fourth-order valence-corrected chi connectivity index (χ4v) is 9.29. The molecule has 1 N–H and O–H groups in total. The zero-order valence-electron chi connectivity index (χ0n) is 28.0. The second-order valence-corrected chi connectivity index (χ2v) is 14.7. The number of nitrogens with zero attached hydrogens (tertiary/aromatic N) is 5. The number of hydrogen-bond acceptors (Lipinski definition) is 11. The number of fused-ring (bicyclic) bond motifs is 4. The van der Waals surface area contributed by atoms with Gasteiger partial charge in [0.1, 0.15) is 5.82 Å². The van der Waals surface area contributed by atoms with Crippen molar-refractivity contribution in [2.24, 2.45) is 17.8 Å². The van der Waals surface area contributed by atoms with Crippen LogP contribution < -0.4 is 19.4 Å². The number of ether oxygens (including phenoxy) is 1. The predicted molar refractivity (Wildman–Crippen MR) is 188 cm³/mol. The van der Waals surface area contributed by atoms with E-state index >= 15 is 0 Å². The third-order valence-electron chi connectivity index (χ3n) is 10.6. The number of rotatable bonds is 7. The molecule has 274 valence electrons. The molecule has 0 radical (unpaired) electrons. The minimum absolute atomic E-state index is 0.00540. The van der Waals surface area contributed by atoms with Gasteiger partial charge in [-0.1, -0.05) is 17.7 Å². The monoisotopic (exact) mass is 767 g/mol. The minimum Gasteiger partial charge on any atom is -0.504 e. The number of nitro benzene ring substituents is 2. The maximum Gasteiger partial charge on any atom is 0.301 e. The van der Waals surface area contributed by atoms with Gasteiger partial charge < -0.3 is 14.7 Å². The van der Waals surface area contributed by atoms with Gasteiger partial charge in [0.25, 0.3) is 11.8 Å². The highest BCUT2D eigenvalue weighted by Crippen LogP contribution is 2.66. The van der Waals surface area contributed by atoms with Gasteiger partial charge in [-0.25, -0.2) is 14.2 Å². The molecule has 4 amide bonds. The van der Waals surface area contributed by atoms with E-state index in [-0.39, 0.29) is 34.9 Å². The van der Waals surface area contributed by atoms with Gasteiger partial charge in [0.2, 0.25) is 11.8 Å². The first-order chi connectivity index (χ1) is 25.0. The molecule has 0 unspecified atom stereocenters. The van der Waals surface area contributed by atoms with E-state index in [0.717, 1.165) is 29.2 Å². The van der Waals surface area contributed by atoms with Gasteiger partial charge in [-0.15, -0.1) is 23.2 Å². The van der Waals surface area contributed by atoms with Crippen molar-refractivity contribution in [2.45, 2.75) is 28.5 Å². The van der Waals surface area contributed by atoms with Gasteiger partial charge in [-0.05, 0) is 60.7 Å². The van der Waals surface area contributed by atoms with Crippen LogP contribution in [0.2, 0.25) is 0 Å². The number of hydrogen-bond donors (Lipinski definition) is 1. The number of allylic oxidation sites excluding steroid dienone is 2. The van der Waals surface area contributed by atoms with Crippen molar-refractivity contribution in [3.63, 3.8) is 0 Å². The smallest absolute Gasteiger partial charge is 0.301 e. The van der Waals surface area contributed by atoms with Crippen LogP contribution in [-0.2, 0) is 19.2 Å².